The summed E-state index contributed by atoms with van der Waals surface area (Å²) in [6, 6.07) is 0. The molecule has 0 aromatic heterocycles. The summed E-state index contributed by atoms with van der Waals surface area (Å²) in [5.41, 5.74) is 0. The van der Waals surface area contributed by atoms with E-state index in [1.807, 2.05) is 0 Å². The van der Waals surface area contributed by atoms with Gasteiger partial charge in [0.25, 0.3) is 0 Å². The second kappa shape index (κ2) is 21.7. The molecule has 4 N–H and O–H groups in total. The van der Waals surface area contributed by atoms with Gasteiger partial charge in [-0.25, -0.2) is 14.2 Å². The van der Waals surface area contributed by atoms with Gasteiger partial charge in [0, 0.05) is 40.2 Å². The minimum Gasteiger partial charge on any atom is -0.553 e. The summed E-state index contributed by atoms with van der Waals surface area (Å²) >= 11 is 0. The van der Waals surface area contributed by atoms with Gasteiger partial charge in [0.15, 0.2) is 0 Å². The van der Waals surface area contributed by atoms with E-state index in [1.54, 1.807) is 0 Å². The molecule has 0 aliphatic rings. The molecule has 0 saturated heterocycles. The minimum absolute atomic E-state index is 0. The van der Waals surface area contributed by atoms with Gasteiger partial charge in [-0.1, -0.05) is 0 Å². The van der Waals surface area contributed by atoms with Crippen LogP contribution in [0.4, 0.5) is 0 Å². The second-order valence-corrected chi connectivity index (χ2v) is 5.16. The Balaban J connectivity index is -0.000000411. The molecule has 158 valence electrons. The number of nitrogens with one attached hydrogen (secondary N) is 2. The first-order chi connectivity index (χ1) is 12.3. The molecule has 2 unspecified atom stereocenters. The van der Waals surface area contributed by atoms with E-state index in [1.165, 1.54) is 13.8 Å². The third kappa shape index (κ3) is 28.8. The molecule has 0 radical (unpaired) electrons. The average Bonchev–Trinajstić information content (AvgIpc) is 2.55. The van der Waals surface area contributed by atoms with Crippen molar-refractivity contribution in [3.63, 3.8) is 0 Å². The van der Waals surface area contributed by atoms with Crippen LogP contribution in [0, 0.1) is 14.2 Å². The summed E-state index contributed by atoms with van der Waals surface area (Å²) in [4.78, 5) is 20.8. The van der Waals surface area contributed by atoms with E-state index in [4.69, 9.17) is 19.7 Å². The average molecular weight is 647 g/mol. The molecule has 0 saturated carbocycles. The summed E-state index contributed by atoms with van der Waals surface area (Å²) in [7, 11) is 6.24. The Morgan fingerprint density at radius 3 is 1.41 bits per heavy atom. The number of hydrogen-bond acceptors (Lipinski definition) is 8. The summed E-state index contributed by atoms with van der Waals surface area (Å²) in [5, 5.41) is 23.3. The summed E-state index contributed by atoms with van der Waals surface area (Å²) in [6.07, 6.45) is -1.32. The maximum absolute atomic E-state index is 10.4. The fourth-order valence-electron chi connectivity index (χ4n) is 1.41. The molecule has 2 amide bonds. The number of aliphatic hydroxyl groups excluding tert-OH is 2. The maximum Gasteiger partial charge on any atom is 0.216 e. The van der Waals surface area contributed by atoms with Gasteiger partial charge in [0.05, 0.1) is 38.6 Å². The number of aliphatic hydroxyl groups is 2. The van der Waals surface area contributed by atoms with Crippen molar-refractivity contribution >= 4 is 11.8 Å². The smallest absolute Gasteiger partial charge is 0.216 e. The maximum atomic E-state index is 10.4. The molecular weight excluding hydrogens is 615 g/mol. The molecule has 0 aliphatic heterocycles. The molecule has 10 nitrogen and oxygen atoms in total. The van der Waals surface area contributed by atoms with Gasteiger partial charge in [0.1, 0.15) is 0 Å². The van der Waals surface area contributed by atoms with Crippen LogP contribution < -0.4 is 10.6 Å². The topological polar surface area (TPSA) is 136 Å². The first-order valence-electron chi connectivity index (χ1n) is 8.07. The zero-order valence-corrected chi connectivity index (χ0v) is 22.7. The molecule has 0 aromatic rings. The Bertz CT molecular complexity index is 318. The van der Waals surface area contributed by atoms with Crippen molar-refractivity contribution in [2.24, 2.45) is 0 Å². The van der Waals surface area contributed by atoms with E-state index in [2.05, 4.69) is 34.3 Å². The zero-order chi connectivity index (χ0) is 20.2. The molecule has 0 aliphatic carbocycles. The Hall–Kier alpha value is -2.30. The van der Waals surface area contributed by atoms with E-state index in [9.17, 15) is 9.59 Å². The summed E-state index contributed by atoms with van der Waals surface area (Å²) in [5.74, 6) is -0.185. The molecule has 11 heteroatoms. The van der Waals surface area contributed by atoms with E-state index in [0.717, 1.165) is 0 Å². The van der Waals surface area contributed by atoms with Crippen molar-refractivity contribution < 1.29 is 38.7 Å². The van der Waals surface area contributed by atoms with Crippen molar-refractivity contribution in [3.05, 3.63) is 14.2 Å². The fraction of sp³-hybridized carbons (Fsp3) is 0.750. The molecule has 0 aromatic carbocycles. The number of rotatable bonds is 14. The van der Waals surface area contributed by atoms with Crippen LogP contribution in [0.2, 0.25) is 0 Å². The van der Waals surface area contributed by atoms with E-state index >= 15 is 0 Å². The van der Waals surface area contributed by atoms with Gasteiger partial charge in [-0.05, 0) is 0 Å². The van der Waals surface area contributed by atoms with E-state index < -0.39 is 12.2 Å². The molecule has 0 rings (SSSR count). The molecule has 0 spiro atoms. The van der Waals surface area contributed by atoms with Gasteiger partial charge >= 0.3 is 0 Å². The van der Waals surface area contributed by atoms with Crippen LogP contribution in [-0.4, -0.2) is 87.0 Å². The van der Waals surface area contributed by atoms with Gasteiger partial charge in [-0.3, -0.25) is 9.59 Å². The minimum atomic E-state index is -0.658. The molecule has 0 heterocycles. The van der Waals surface area contributed by atoms with Crippen LogP contribution in [0.15, 0.2) is 0 Å². The van der Waals surface area contributed by atoms with Gasteiger partial charge in [-0.2, -0.15) is 0 Å². The van der Waals surface area contributed by atoms with Crippen molar-refractivity contribution in [1.82, 2.24) is 10.6 Å². The Labute approximate surface area is 155 Å². The summed E-state index contributed by atoms with van der Waals surface area (Å²) in [6.45, 7) is 5.23. The standard InChI is InChI=1S/2C8H16NO4.Rf/c2*1-7(10)9-3-4-13-6-8(11)5-12-2;/h2*8,11H,2-6H2,1H3,(H,9,10);/q2*-1;. The van der Waals surface area contributed by atoms with Gasteiger partial charge < -0.3 is 39.8 Å². The number of carbonyl (C=O) groups is 2. The predicted molar refractivity (Wildman–Crippen MR) is 93.6 cm³/mol. The monoisotopic (exact) mass is 647 g/mol. The Kier molecular flexibility index (Phi) is 23.7. The predicted octanol–water partition coefficient (Wildman–Crippen LogP) is -1.38. The van der Waals surface area contributed by atoms with Crippen molar-refractivity contribution in [1.29, 1.82) is 0 Å². The largest absolute Gasteiger partial charge is 0.553 e. The number of hydrogen-bond donors (Lipinski definition) is 4. The van der Waals surface area contributed by atoms with Crippen LogP contribution in [0.1, 0.15) is 13.8 Å². The SMILES string of the molecule is [CH2-]OCC(O)COCCNC(C)=O.[CH2-]OCC(O)COCCNC(C)=O.[Rf]. The van der Waals surface area contributed by atoms with E-state index in [-0.39, 0.29) is 38.2 Å². The Morgan fingerprint density at radius 1 is 0.815 bits per heavy atom. The fourth-order valence-corrected chi connectivity index (χ4v) is 1.41. The van der Waals surface area contributed by atoms with E-state index in [0.29, 0.717) is 26.3 Å². The normalized spacial score (nSPS) is 12.1. The molecule has 27 heavy (non-hydrogen) atoms. The summed E-state index contributed by atoms with van der Waals surface area (Å²) < 4.78 is 19.0. The van der Waals surface area contributed by atoms with Gasteiger partial charge in [0.2, 0.25) is 11.8 Å². The van der Waals surface area contributed by atoms with Crippen LogP contribution in [0.3, 0.4) is 0 Å². The molecule has 0 bridgehead atoms. The molecule has 2 atom stereocenters. The van der Waals surface area contributed by atoms with Gasteiger partial charge in [-0.15, -0.1) is 0 Å². The van der Waals surface area contributed by atoms with Crippen LogP contribution in [-0.2, 0) is 28.5 Å². The van der Waals surface area contributed by atoms with Crippen molar-refractivity contribution in [2.45, 2.75) is 26.1 Å². The van der Waals surface area contributed by atoms with Crippen LogP contribution >= 0.6 is 0 Å². The first-order valence-corrected chi connectivity index (χ1v) is 8.07. The van der Waals surface area contributed by atoms with Crippen molar-refractivity contribution in [3.8, 4) is 0 Å². The number of carbonyl (C=O) groups excluding carboxylic acids is 2. The van der Waals surface area contributed by atoms with Crippen molar-refractivity contribution in [2.75, 3.05) is 52.7 Å². The quantitative estimate of drug-likeness (QED) is 0.134. The number of amides is 2. The first kappa shape index (κ1) is 29.5. The van der Waals surface area contributed by atoms with Crippen LogP contribution in [0.25, 0.3) is 0 Å². The third-order valence-corrected chi connectivity index (χ3v) is 2.48. The third-order valence-electron chi connectivity index (χ3n) is 2.48. The second-order valence-electron chi connectivity index (χ2n) is 5.16. The number of ether oxygens (including phenoxy) is 4. The van der Waals surface area contributed by atoms with Crippen LogP contribution in [0.5, 0.6) is 0 Å². The molecular formula is C16H32N2O8Rf-2. The zero-order valence-electron chi connectivity index (χ0n) is 16.3. The molecule has 0 fully saturated rings. The Morgan fingerprint density at radius 2 is 1.15 bits per heavy atom.